The number of alkyl halides is 3. The Kier molecular flexibility index (Phi) is 2.95. The molecule has 4 nitrogen and oxygen atoms in total. The Bertz CT molecular complexity index is 337. The van der Waals surface area contributed by atoms with Crippen molar-refractivity contribution in [3.05, 3.63) is 23.5 Å². The molecule has 0 spiro atoms. The fourth-order valence-corrected chi connectivity index (χ4v) is 0.936. The molecule has 1 rings (SSSR count). The van der Waals surface area contributed by atoms with Gasteiger partial charge in [-0.15, -0.1) is 5.10 Å². The molecule has 0 saturated carbocycles. The minimum atomic E-state index is -1.68. The minimum Gasteiger partial charge on any atom is -0.476 e. The number of aromatic nitrogens is 2. The summed E-state index contributed by atoms with van der Waals surface area (Å²) in [5, 5.41) is 15.3. The molecule has 13 heavy (non-hydrogen) atoms. The van der Waals surface area contributed by atoms with E-state index < -0.39 is 9.76 Å². The standard InChI is InChI=1S/C6H3Cl3N2O2/c7-6(8,9)3-1-4(5(12)13)11-10-2-3/h1-2H,(H,12,13). The molecule has 1 N–H and O–H groups in total. The summed E-state index contributed by atoms with van der Waals surface area (Å²) in [6, 6.07) is 1.16. The maximum Gasteiger partial charge on any atom is 0.356 e. The number of hydrogen-bond acceptors (Lipinski definition) is 3. The lowest BCUT2D eigenvalue weighted by Crippen LogP contribution is -2.07. The van der Waals surface area contributed by atoms with Gasteiger partial charge in [0.15, 0.2) is 5.69 Å². The molecule has 0 saturated heterocycles. The highest BCUT2D eigenvalue weighted by Crippen LogP contribution is 2.37. The van der Waals surface area contributed by atoms with Crippen LogP contribution < -0.4 is 0 Å². The quantitative estimate of drug-likeness (QED) is 0.764. The van der Waals surface area contributed by atoms with Gasteiger partial charge in [0, 0.05) is 5.56 Å². The second-order valence-electron chi connectivity index (χ2n) is 2.13. The van der Waals surface area contributed by atoms with Gasteiger partial charge < -0.3 is 5.11 Å². The van der Waals surface area contributed by atoms with Gasteiger partial charge in [0.2, 0.25) is 3.79 Å². The number of rotatable bonds is 1. The van der Waals surface area contributed by atoms with E-state index in [0.717, 1.165) is 6.07 Å². The van der Waals surface area contributed by atoms with E-state index in [1.165, 1.54) is 6.20 Å². The minimum absolute atomic E-state index is 0.171. The van der Waals surface area contributed by atoms with Gasteiger partial charge in [-0.2, -0.15) is 5.10 Å². The number of carboxylic acid groups (broad SMARTS) is 1. The molecule has 1 heterocycles. The van der Waals surface area contributed by atoms with Crippen LogP contribution in [0.4, 0.5) is 0 Å². The van der Waals surface area contributed by atoms with Gasteiger partial charge >= 0.3 is 5.97 Å². The molecular formula is C6H3Cl3N2O2. The summed E-state index contributed by atoms with van der Waals surface area (Å²) in [6.07, 6.45) is 1.19. The van der Waals surface area contributed by atoms with E-state index in [1.54, 1.807) is 0 Å². The van der Waals surface area contributed by atoms with Crippen molar-refractivity contribution in [2.75, 3.05) is 0 Å². The molecule has 0 amide bonds. The van der Waals surface area contributed by atoms with Crippen LogP contribution in [-0.4, -0.2) is 21.3 Å². The third kappa shape index (κ3) is 2.69. The molecule has 0 aromatic carbocycles. The molecule has 0 aliphatic carbocycles. The van der Waals surface area contributed by atoms with Crippen LogP contribution in [0, 0.1) is 0 Å². The second-order valence-corrected chi connectivity index (χ2v) is 4.41. The average Bonchev–Trinajstić information content (AvgIpc) is 2.03. The largest absolute Gasteiger partial charge is 0.476 e. The highest BCUT2D eigenvalue weighted by Gasteiger charge is 2.24. The van der Waals surface area contributed by atoms with Crippen LogP contribution in [0.2, 0.25) is 0 Å². The molecule has 7 heteroatoms. The van der Waals surface area contributed by atoms with Crippen molar-refractivity contribution in [2.24, 2.45) is 0 Å². The molecule has 0 aliphatic heterocycles. The first-order chi connectivity index (χ1) is 5.91. The van der Waals surface area contributed by atoms with E-state index in [0.29, 0.717) is 0 Å². The van der Waals surface area contributed by atoms with Gasteiger partial charge in [0.05, 0.1) is 6.20 Å². The Morgan fingerprint density at radius 1 is 1.46 bits per heavy atom. The van der Waals surface area contributed by atoms with Gasteiger partial charge in [0.1, 0.15) is 0 Å². The van der Waals surface area contributed by atoms with E-state index in [-0.39, 0.29) is 11.3 Å². The Morgan fingerprint density at radius 3 is 2.54 bits per heavy atom. The number of nitrogens with zero attached hydrogens (tertiary/aromatic N) is 2. The van der Waals surface area contributed by atoms with Crippen molar-refractivity contribution in [3.8, 4) is 0 Å². The molecule has 1 aromatic rings. The van der Waals surface area contributed by atoms with Crippen molar-refractivity contribution in [1.82, 2.24) is 10.2 Å². The normalized spacial score (nSPS) is 11.3. The third-order valence-electron chi connectivity index (χ3n) is 1.20. The number of carbonyl (C=O) groups is 1. The first kappa shape index (κ1) is 10.5. The van der Waals surface area contributed by atoms with Crippen LogP contribution >= 0.6 is 34.8 Å². The number of halogens is 3. The number of hydrogen-bond donors (Lipinski definition) is 1. The SMILES string of the molecule is O=C(O)c1cc(C(Cl)(Cl)Cl)cnn1. The van der Waals surface area contributed by atoms with Crippen molar-refractivity contribution < 1.29 is 9.90 Å². The summed E-state index contributed by atoms with van der Waals surface area (Å²) in [5.41, 5.74) is -0.0891. The average molecular weight is 241 g/mol. The molecule has 0 aliphatic rings. The summed E-state index contributed by atoms with van der Waals surface area (Å²) < 4.78 is -1.68. The van der Waals surface area contributed by atoms with Crippen molar-refractivity contribution in [1.29, 1.82) is 0 Å². The van der Waals surface area contributed by atoms with Crippen LogP contribution in [0.5, 0.6) is 0 Å². The zero-order chi connectivity index (χ0) is 10.1. The topological polar surface area (TPSA) is 63.1 Å². The zero-order valence-corrected chi connectivity index (χ0v) is 8.31. The van der Waals surface area contributed by atoms with Crippen LogP contribution in [-0.2, 0) is 3.79 Å². The van der Waals surface area contributed by atoms with Gasteiger partial charge in [-0.3, -0.25) is 0 Å². The highest BCUT2D eigenvalue weighted by atomic mass is 35.6. The summed E-state index contributed by atoms with van der Waals surface area (Å²) in [6.45, 7) is 0. The Labute approximate surface area is 88.4 Å². The number of carboxylic acids is 1. The Hall–Kier alpha value is -0.580. The van der Waals surface area contributed by atoms with Crippen LogP contribution in [0.1, 0.15) is 16.1 Å². The van der Waals surface area contributed by atoms with Crippen molar-refractivity contribution >= 4 is 40.8 Å². The summed E-state index contributed by atoms with van der Waals surface area (Å²) in [7, 11) is 0. The molecule has 1 aromatic heterocycles. The molecular weight excluding hydrogens is 238 g/mol. The fourth-order valence-electron chi connectivity index (χ4n) is 0.626. The van der Waals surface area contributed by atoms with Gasteiger partial charge in [0.25, 0.3) is 0 Å². The zero-order valence-electron chi connectivity index (χ0n) is 6.04. The smallest absolute Gasteiger partial charge is 0.356 e. The van der Waals surface area contributed by atoms with E-state index in [2.05, 4.69) is 10.2 Å². The molecule has 0 radical (unpaired) electrons. The van der Waals surface area contributed by atoms with E-state index in [1.807, 2.05) is 0 Å². The lowest BCUT2D eigenvalue weighted by molar-refractivity contribution is 0.0689. The molecule has 70 valence electrons. The number of aromatic carboxylic acids is 1. The molecule has 0 atom stereocenters. The van der Waals surface area contributed by atoms with Crippen LogP contribution in [0.15, 0.2) is 12.3 Å². The summed E-state index contributed by atoms with van der Waals surface area (Å²) >= 11 is 16.5. The highest BCUT2D eigenvalue weighted by molar-refractivity contribution is 6.66. The van der Waals surface area contributed by atoms with Crippen LogP contribution in [0.3, 0.4) is 0 Å². The maximum absolute atomic E-state index is 10.4. The van der Waals surface area contributed by atoms with E-state index >= 15 is 0 Å². The Balaban J connectivity index is 3.13. The van der Waals surface area contributed by atoms with Crippen LogP contribution in [0.25, 0.3) is 0 Å². The van der Waals surface area contributed by atoms with Gasteiger partial charge in [-0.1, -0.05) is 34.8 Å². The van der Waals surface area contributed by atoms with E-state index in [4.69, 9.17) is 39.9 Å². The first-order valence-corrected chi connectivity index (χ1v) is 4.18. The predicted octanol–water partition coefficient (Wildman–Crippen LogP) is 2.00. The van der Waals surface area contributed by atoms with Crippen molar-refractivity contribution in [2.45, 2.75) is 3.79 Å². The fraction of sp³-hybridized carbons (Fsp3) is 0.167. The molecule has 0 fully saturated rings. The van der Waals surface area contributed by atoms with Gasteiger partial charge in [-0.05, 0) is 6.07 Å². The second kappa shape index (κ2) is 3.65. The summed E-state index contributed by atoms with van der Waals surface area (Å²) in [5.74, 6) is -1.22. The van der Waals surface area contributed by atoms with Gasteiger partial charge in [-0.25, -0.2) is 4.79 Å². The lowest BCUT2D eigenvalue weighted by Gasteiger charge is -2.09. The summed E-state index contributed by atoms with van der Waals surface area (Å²) in [4.78, 5) is 10.4. The lowest BCUT2D eigenvalue weighted by atomic mass is 10.3. The predicted molar refractivity (Wildman–Crippen MR) is 48.2 cm³/mol. The van der Waals surface area contributed by atoms with E-state index in [9.17, 15) is 4.79 Å². The Morgan fingerprint density at radius 2 is 2.08 bits per heavy atom. The first-order valence-electron chi connectivity index (χ1n) is 3.04. The molecule has 0 unspecified atom stereocenters. The maximum atomic E-state index is 10.4. The molecule has 0 bridgehead atoms. The monoisotopic (exact) mass is 240 g/mol. The third-order valence-corrected chi connectivity index (χ3v) is 1.86. The van der Waals surface area contributed by atoms with Crippen molar-refractivity contribution in [3.63, 3.8) is 0 Å².